The van der Waals surface area contributed by atoms with Crippen molar-refractivity contribution in [2.45, 2.75) is 19.6 Å². The van der Waals surface area contributed by atoms with Gasteiger partial charge in [-0.1, -0.05) is 0 Å². The minimum Gasteiger partial charge on any atom is -0.478 e. The normalized spacial score (nSPS) is 11.8. The van der Waals surface area contributed by atoms with Crippen LogP contribution < -0.4 is 5.43 Å². The standard InChI is InChI=1S/C13H10F3NO3/c1-7-11(12(19)20)10-4-9(18)3-2-8(10)5-17(7)6-13(14,15)16/h2-5H,6H2,1H3,(H,19,20). The molecule has 0 saturated carbocycles. The predicted octanol–water partition coefficient (Wildman–Crippen LogP) is 2.52. The van der Waals surface area contributed by atoms with Gasteiger partial charge in [-0.3, -0.25) is 4.79 Å². The van der Waals surface area contributed by atoms with Crippen LogP contribution in [0.4, 0.5) is 13.2 Å². The van der Waals surface area contributed by atoms with Crippen LogP contribution in [0.15, 0.2) is 29.2 Å². The first-order valence-corrected chi connectivity index (χ1v) is 5.63. The van der Waals surface area contributed by atoms with Gasteiger partial charge < -0.3 is 9.67 Å². The summed E-state index contributed by atoms with van der Waals surface area (Å²) in [5.74, 6) is -1.37. The molecule has 1 N–H and O–H groups in total. The SMILES string of the molecule is Cc1c(C(=O)O)c2cc(=O)ccc-2cn1CC(F)(F)F. The molecule has 2 rings (SSSR count). The second-order valence-corrected chi connectivity index (χ2v) is 4.39. The fourth-order valence-corrected chi connectivity index (χ4v) is 2.10. The average molecular weight is 285 g/mol. The fourth-order valence-electron chi connectivity index (χ4n) is 2.10. The van der Waals surface area contributed by atoms with E-state index in [1.54, 1.807) is 0 Å². The molecule has 0 bridgehead atoms. The van der Waals surface area contributed by atoms with Crippen molar-refractivity contribution < 1.29 is 23.1 Å². The molecule has 0 amide bonds. The third-order valence-corrected chi connectivity index (χ3v) is 2.95. The molecule has 2 aliphatic rings. The molecule has 1 aliphatic carbocycles. The minimum atomic E-state index is -4.46. The van der Waals surface area contributed by atoms with Crippen molar-refractivity contribution in [2.75, 3.05) is 0 Å². The molecule has 1 heterocycles. The number of aromatic carboxylic acids is 1. The van der Waals surface area contributed by atoms with Gasteiger partial charge in [0.15, 0.2) is 5.43 Å². The number of aromatic nitrogens is 1. The zero-order valence-electron chi connectivity index (χ0n) is 10.4. The van der Waals surface area contributed by atoms with Crippen LogP contribution in [0.1, 0.15) is 16.1 Å². The molecule has 0 aromatic heterocycles. The maximum absolute atomic E-state index is 12.5. The Balaban J connectivity index is 2.77. The first kappa shape index (κ1) is 14.1. The fraction of sp³-hybridized carbons (Fsp3) is 0.231. The number of pyridine rings is 1. The molecule has 0 atom stereocenters. The van der Waals surface area contributed by atoms with Crippen LogP contribution >= 0.6 is 0 Å². The number of alkyl halides is 3. The van der Waals surface area contributed by atoms with E-state index in [0.29, 0.717) is 0 Å². The number of carboxylic acid groups (broad SMARTS) is 1. The van der Waals surface area contributed by atoms with Crippen LogP contribution in [-0.2, 0) is 6.54 Å². The van der Waals surface area contributed by atoms with E-state index in [4.69, 9.17) is 0 Å². The Labute approximate surface area is 111 Å². The van der Waals surface area contributed by atoms with Crippen molar-refractivity contribution in [3.05, 3.63) is 45.9 Å². The Morgan fingerprint density at radius 3 is 2.55 bits per heavy atom. The molecule has 0 aromatic carbocycles. The van der Waals surface area contributed by atoms with Crippen LogP contribution in [0, 0.1) is 6.92 Å². The number of hydrogen-bond acceptors (Lipinski definition) is 2. The van der Waals surface area contributed by atoms with Crippen molar-refractivity contribution in [2.24, 2.45) is 0 Å². The lowest BCUT2D eigenvalue weighted by Gasteiger charge is -2.20. The maximum atomic E-state index is 12.5. The van der Waals surface area contributed by atoms with Gasteiger partial charge in [0.05, 0.1) is 5.56 Å². The van der Waals surface area contributed by atoms with E-state index < -0.39 is 24.1 Å². The summed E-state index contributed by atoms with van der Waals surface area (Å²) < 4.78 is 38.3. The number of hydrogen-bond donors (Lipinski definition) is 1. The first-order valence-electron chi connectivity index (χ1n) is 5.63. The lowest BCUT2D eigenvalue weighted by Crippen LogP contribution is -2.22. The van der Waals surface area contributed by atoms with Gasteiger partial charge in [-0.15, -0.1) is 0 Å². The number of carbonyl (C=O) groups is 1. The van der Waals surface area contributed by atoms with E-state index >= 15 is 0 Å². The number of fused-ring (bicyclic) bond motifs is 1. The summed E-state index contributed by atoms with van der Waals surface area (Å²) in [5.41, 5.74) is -0.317. The second kappa shape index (κ2) is 4.66. The van der Waals surface area contributed by atoms with Crippen molar-refractivity contribution >= 4 is 5.97 Å². The molecular formula is C13H10F3NO3. The van der Waals surface area contributed by atoms with Crippen LogP contribution in [0.25, 0.3) is 11.1 Å². The van der Waals surface area contributed by atoms with Gasteiger partial charge in [0.2, 0.25) is 0 Å². The highest BCUT2D eigenvalue weighted by Crippen LogP contribution is 2.29. The van der Waals surface area contributed by atoms with Crippen LogP contribution in [0.5, 0.6) is 0 Å². The summed E-state index contributed by atoms with van der Waals surface area (Å²) in [6, 6.07) is 3.61. The molecule has 20 heavy (non-hydrogen) atoms. The van der Waals surface area contributed by atoms with E-state index in [2.05, 4.69) is 0 Å². The molecule has 106 valence electrons. The molecule has 0 radical (unpaired) electrons. The molecule has 0 aromatic rings. The van der Waals surface area contributed by atoms with E-state index in [-0.39, 0.29) is 22.4 Å². The van der Waals surface area contributed by atoms with Crippen LogP contribution in [-0.4, -0.2) is 21.8 Å². The van der Waals surface area contributed by atoms with Gasteiger partial charge in [0.25, 0.3) is 0 Å². The number of halogens is 3. The van der Waals surface area contributed by atoms with E-state index in [9.17, 15) is 27.9 Å². The summed E-state index contributed by atoms with van der Waals surface area (Å²) in [6.07, 6.45) is -3.26. The van der Waals surface area contributed by atoms with Gasteiger partial charge in [-0.25, -0.2) is 4.79 Å². The summed E-state index contributed by atoms with van der Waals surface area (Å²) in [5, 5.41) is 9.18. The van der Waals surface area contributed by atoms with E-state index in [1.807, 2.05) is 0 Å². The topological polar surface area (TPSA) is 59.3 Å². The largest absolute Gasteiger partial charge is 0.478 e. The summed E-state index contributed by atoms with van der Waals surface area (Å²) in [4.78, 5) is 22.6. The highest BCUT2D eigenvalue weighted by molar-refractivity contribution is 5.97. The summed E-state index contributed by atoms with van der Waals surface area (Å²) in [7, 11) is 0. The Bertz CT molecular complexity index is 703. The predicted molar refractivity (Wildman–Crippen MR) is 65.1 cm³/mol. The van der Waals surface area contributed by atoms with Crippen molar-refractivity contribution in [1.82, 2.24) is 4.57 Å². The highest BCUT2D eigenvalue weighted by Gasteiger charge is 2.30. The molecule has 0 unspecified atom stereocenters. The van der Waals surface area contributed by atoms with Gasteiger partial charge in [-0.05, 0) is 30.7 Å². The smallest absolute Gasteiger partial charge is 0.406 e. The number of carboxylic acids is 1. The highest BCUT2D eigenvalue weighted by atomic mass is 19.4. The molecule has 0 spiro atoms. The van der Waals surface area contributed by atoms with E-state index in [1.165, 1.54) is 25.3 Å². The molecular weight excluding hydrogens is 275 g/mol. The molecule has 0 saturated heterocycles. The summed E-state index contributed by atoms with van der Waals surface area (Å²) in [6.45, 7) is 0.000287. The zero-order chi connectivity index (χ0) is 15.1. The second-order valence-electron chi connectivity index (χ2n) is 4.39. The van der Waals surface area contributed by atoms with Gasteiger partial charge in [0, 0.05) is 17.5 Å². The lowest BCUT2D eigenvalue weighted by molar-refractivity contribution is -0.141. The first-order chi connectivity index (χ1) is 9.19. The third kappa shape index (κ3) is 2.66. The molecule has 7 heteroatoms. The van der Waals surface area contributed by atoms with Crippen molar-refractivity contribution in [3.63, 3.8) is 0 Å². The van der Waals surface area contributed by atoms with Gasteiger partial charge in [-0.2, -0.15) is 13.2 Å². The summed E-state index contributed by atoms with van der Waals surface area (Å²) >= 11 is 0. The third-order valence-electron chi connectivity index (χ3n) is 2.95. The minimum absolute atomic E-state index is 0.0482. The van der Waals surface area contributed by atoms with Gasteiger partial charge in [0.1, 0.15) is 6.54 Å². The Kier molecular flexibility index (Phi) is 3.29. The van der Waals surface area contributed by atoms with E-state index in [0.717, 1.165) is 10.6 Å². The average Bonchev–Trinajstić information content (AvgIpc) is 2.28. The Hall–Kier alpha value is -2.31. The number of nitrogens with zero attached hydrogens (tertiary/aromatic N) is 1. The zero-order valence-corrected chi connectivity index (χ0v) is 10.4. The molecule has 1 aliphatic heterocycles. The number of rotatable bonds is 2. The lowest BCUT2D eigenvalue weighted by atomic mass is 9.97. The molecule has 4 nitrogen and oxygen atoms in total. The monoisotopic (exact) mass is 285 g/mol. The Morgan fingerprint density at radius 1 is 1.35 bits per heavy atom. The molecule has 0 fully saturated rings. The number of benzene rings is 1. The van der Waals surface area contributed by atoms with Crippen LogP contribution in [0.3, 0.4) is 0 Å². The van der Waals surface area contributed by atoms with Crippen LogP contribution in [0.2, 0.25) is 0 Å². The maximum Gasteiger partial charge on any atom is 0.406 e. The van der Waals surface area contributed by atoms with Crippen molar-refractivity contribution in [1.29, 1.82) is 0 Å². The van der Waals surface area contributed by atoms with Crippen molar-refractivity contribution in [3.8, 4) is 11.1 Å². The Morgan fingerprint density at radius 2 is 2.00 bits per heavy atom. The van der Waals surface area contributed by atoms with Gasteiger partial charge >= 0.3 is 12.1 Å². The quantitative estimate of drug-likeness (QED) is 0.922.